The van der Waals surface area contributed by atoms with E-state index in [4.69, 9.17) is 9.16 Å². The zero-order chi connectivity index (χ0) is 20.7. The normalized spacial score (nSPS) is 17.3. The molecule has 0 aromatic carbocycles. The molecule has 0 amide bonds. The smallest absolute Gasteiger partial charge is 0.308 e. The quantitative estimate of drug-likeness (QED) is 0.229. The number of carbonyl (C=O) groups excluding carboxylic acids is 1. The Balaban J connectivity index is 5.02. The van der Waals surface area contributed by atoms with Gasteiger partial charge in [0.15, 0.2) is 8.32 Å². The van der Waals surface area contributed by atoms with Crippen molar-refractivity contribution >= 4 is 14.3 Å². The number of ether oxygens (including phenoxy) is 1. The highest BCUT2D eigenvalue weighted by molar-refractivity contribution is 6.74. The molecule has 0 heterocycles. The Morgan fingerprint density at radius 1 is 1.04 bits per heavy atom. The van der Waals surface area contributed by atoms with Gasteiger partial charge in [-0.05, 0) is 62.1 Å². The van der Waals surface area contributed by atoms with Crippen molar-refractivity contribution in [3.8, 4) is 0 Å². The van der Waals surface area contributed by atoms with Gasteiger partial charge in [-0.15, -0.1) is 6.58 Å². The zero-order valence-electron chi connectivity index (χ0n) is 19.1. The zero-order valence-corrected chi connectivity index (χ0v) is 20.1. The fraction of sp³-hybridized carbons (Fsp3) is 0.864. The standard InChI is InChI=1S/C22H44O3Si/c1-16(2)12-17(3)13-18(4)14-19(5)20(15-21(23)24-9)25-26(10,11)22(6,7)8/h17-20H,1,12-15H2,2-11H3/t17-,18-,19+,20?/m0/s1. The van der Waals surface area contributed by atoms with Crippen LogP contribution in [0.2, 0.25) is 18.1 Å². The van der Waals surface area contributed by atoms with E-state index in [9.17, 15) is 4.79 Å². The highest BCUT2D eigenvalue weighted by atomic mass is 28.4. The summed E-state index contributed by atoms with van der Waals surface area (Å²) in [5.74, 6) is 1.40. The highest BCUT2D eigenvalue weighted by Gasteiger charge is 2.40. The topological polar surface area (TPSA) is 35.5 Å². The van der Waals surface area contributed by atoms with E-state index in [1.54, 1.807) is 0 Å². The summed E-state index contributed by atoms with van der Waals surface area (Å²) in [6.45, 7) is 24.2. The van der Waals surface area contributed by atoms with Gasteiger partial charge in [0, 0.05) is 0 Å². The van der Waals surface area contributed by atoms with Gasteiger partial charge in [-0.3, -0.25) is 4.79 Å². The van der Waals surface area contributed by atoms with Gasteiger partial charge in [0.2, 0.25) is 0 Å². The molecule has 4 atom stereocenters. The van der Waals surface area contributed by atoms with Crippen LogP contribution in [-0.2, 0) is 14.0 Å². The summed E-state index contributed by atoms with van der Waals surface area (Å²) in [7, 11) is -0.478. The van der Waals surface area contributed by atoms with Gasteiger partial charge >= 0.3 is 5.97 Å². The van der Waals surface area contributed by atoms with Crippen LogP contribution in [0.5, 0.6) is 0 Å². The second kappa shape index (κ2) is 10.7. The number of hydrogen-bond donors (Lipinski definition) is 0. The van der Waals surface area contributed by atoms with Crippen LogP contribution in [0.15, 0.2) is 12.2 Å². The van der Waals surface area contributed by atoms with Crippen molar-refractivity contribution < 1.29 is 14.0 Å². The van der Waals surface area contributed by atoms with E-state index in [0.717, 1.165) is 12.8 Å². The van der Waals surface area contributed by atoms with Crippen LogP contribution in [0.25, 0.3) is 0 Å². The molecule has 0 saturated heterocycles. The van der Waals surface area contributed by atoms with Gasteiger partial charge in [0.05, 0.1) is 19.6 Å². The molecule has 0 rings (SSSR count). The largest absolute Gasteiger partial charge is 0.469 e. The average Bonchev–Trinajstić information content (AvgIpc) is 2.43. The predicted molar refractivity (Wildman–Crippen MR) is 115 cm³/mol. The third kappa shape index (κ3) is 9.36. The maximum absolute atomic E-state index is 12.0. The molecule has 0 aliphatic carbocycles. The fourth-order valence-electron chi connectivity index (χ4n) is 3.41. The van der Waals surface area contributed by atoms with E-state index < -0.39 is 8.32 Å². The van der Waals surface area contributed by atoms with E-state index in [0.29, 0.717) is 24.2 Å². The van der Waals surface area contributed by atoms with Crippen LogP contribution in [0.1, 0.15) is 74.1 Å². The Bertz CT molecular complexity index is 451. The molecule has 0 aromatic rings. The van der Waals surface area contributed by atoms with Crippen LogP contribution >= 0.6 is 0 Å². The lowest BCUT2D eigenvalue weighted by molar-refractivity contribution is -0.143. The summed E-state index contributed by atoms with van der Waals surface area (Å²) >= 11 is 0. The molecule has 0 fully saturated rings. The first-order valence-corrected chi connectivity index (χ1v) is 13.0. The van der Waals surface area contributed by atoms with Gasteiger partial charge in [-0.25, -0.2) is 0 Å². The first-order valence-electron chi connectivity index (χ1n) is 10.1. The first-order chi connectivity index (χ1) is 11.7. The lowest BCUT2D eigenvalue weighted by atomic mass is 9.85. The highest BCUT2D eigenvalue weighted by Crippen LogP contribution is 2.39. The molecular weight excluding hydrogens is 340 g/mol. The molecular formula is C22H44O3Si. The molecule has 0 bridgehead atoms. The monoisotopic (exact) mass is 384 g/mol. The van der Waals surface area contributed by atoms with Crippen LogP contribution in [0.3, 0.4) is 0 Å². The second-order valence-corrected chi connectivity index (χ2v) is 14.8. The van der Waals surface area contributed by atoms with Gasteiger partial charge in [0.25, 0.3) is 0 Å². The van der Waals surface area contributed by atoms with Crippen molar-refractivity contribution in [3.05, 3.63) is 12.2 Å². The lowest BCUT2D eigenvalue weighted by Crippen LogP contribution is -2.46. The summed E-state index contributed by atoms with van der Waals surface area (Å²) in [6, 6.07) is 0. The molecule has 3 nitrogen and oxygen atoms in total. The summed E-state index contributed by atoms with van der Waals surface area (Å²) in [5.41, 5.74) is 1.25. The molecule has 0 saturated carbocycles. The Hall–Kier alpha value is -0.613. The number of hydrogen-bond acceptors (Lipinski definition) is 3. The maximum Gasteiger partial charge on any atom is 0.308 e. The van der Waals surface area contributed by atoms with Gasteiger partial charge in [0.1, 0.15) is 0 Å². The van der Waals surface area contributed by atoms with Gasteiger partial charge in [-0.2, -0.15) is 0 Å². The third-order valence-corrected chi connectivity index (χ3v) is 10.3. The molecule has 0 radical (unpaired) electrons. The fourth-order valence-corrected chi connectivity index (χ4v) is 4.84. The Morgan fingerprint density at radius 3 is 2.00 bits per heavy atom. The van der Waals surface area contributed by atoms with E-state index >= 15 is 0 Å². The second-order valence-electron chi connectivity index (χ2n) is 10.0. The Kier molecular flexibility index (Phi) is 10.4. The average molecular weight is 385 g/mol. The van der Waals surface area contributed by atoms with Crippen LogP contribution in [0.4, 0.5) is 0 Å². The van der Waals surface area contributed by atoms with Crippen molar-refractivity contribution in [1.82, 2.24) is 0 Å². The minimum Gasteiger partial charge on any atom is -0.469 e. The number of allylic oxidation sites excluding steroid dienone is 1. The summed E-state index contributed by atoms with van der Waals surface area (Å²) in [4.78, 5) is 12.0. The van der Waals surface area contributed by atoms with Crippen molar-refractivity contribution in [1.29, 1.82) is 0 Å². The van der Waals surface area contributed by atoms with Crippen molar-refractivity contribution in [3.63, 3.8) is 0 Å². The molecule has 4 heteroatoms. The van der Waals surface area contributed by atoms with E-state index in [2.05, 4.69) is 68.1 Å². The van der Waals surface area contributed by atoms with Crippen LogP contribution in [0, 0.1) is 17.8 Å². The number of esters is 1. The molecule has 0 N–H and O–H groups in total. The molecule has 0 aromatic heterocycles. The molecule has 0 spiro atoms. The molecule has 0 aliphatic rings. The molecule has 0 aliphatic heterocycles. The minimum atomic E-state index is -1.93. The van der Waals surface area contributed by atoms with Crippen molar-refractivity contribution in [2.75, 3.05) is 7.11 Å². The number of methoxy groups -OCH3 is 1. The first kappa shape index (κ1) is 25.4. The minimum absolute atomic E-state index is 0.0674. The number of carbonyl (C=O) groups is 1. The number of rotatable bonds is 11. The molecule has 1 unspecified atom stereocenters. The third-order valence-electron chi connectivity index (χ3n) is 5.76. The lowest BCUT2D eigenvalue weighted by Gasteiger charge is -2.41. The Morgan fingerprint density at radius 2 is 1.58 bits per heavy atom. The molecule has 154 valence electrons. The van der Waals surface area contributed by atoms with Crippen LogP contribution in [-0.4, -0.2) is 27.5 Å². The summed E-state index contributed by atoms with van der Waals surface area (Å²) in [6.07, 6.45) is 3.62. The predicted octanol–water partition coefficient (Wildman–Crippen LogP) is 6.59. The molecule has 26 heavy (non-hydrogen) atoms. The SMILES string of the molecule is C=C(C)C[C@H](C)C[C@H](C)C[C@@H](C)C(CC(=O)OC)O[Si](C)(C)C(C)(C)C. The Labute approximate surface area is 164 Å². The van der Waals surface area contributed by atoms with E-state index in [1.807, 2.05) is 0 Å². The van der Waals surface area contributed by atoms with Crippen molar-refractivity contribution in [2.24, 2.45) is 17.8 Å². The summed E-state index contributed by atoms with van der Waals surface area (Å²) in [5, 5.41) is 0.128. The summed E-state index contributed by atoms with van der Waals surface area (Å²) < 4.78 is 11.6. The van der Waals surface area contributed by atoms with E-state index in [1.165, 1.54) is 19.1 Å². The van der Waals surface area contributed by atoms with Crippen LogP contribution < -0.4 is 0 Å². The van der Waals surface area contributed by atoms with Crippen molar-refractivity contribution in [2.45, 2.75) is 98.4 Å². The van der Waals surface area contributed by atoms with Gasteiger partial charge in [-0.1, -0.05) is 47.1 Å². The van der Waals surface area contributed by atoms with Gasteiger partial charge < -0.3 is 9.16 Å². The van der Waals surface area contributed by atoms with E-state index in [-0.39, 0.29) is 17.1 Å². The maximum atomic E-state index is 12.0.